The normalized spacial score (nSPS) is 17.4. The van der Waals surface area contributed by atoms with Crippen molar-refractivity contribution in [1.82, 2.24) is 15.1 Å². The Labute approximate surface area is 194 Å². The molecule has 2 heterocycles. The Morgan fingerprint density at radius 2 is 1.70 bits per heavy atom. The summed E-state index contributed by atoms with van der Waals surface area (Å²) in [6.45, 7) is 5.30. The summed E-state index contributed by atoms with van der Waals surface area (Å²) < 4.78 is 0. The molecular formula is C25H31N5O3. The number of aryl methyl sites for hydroxylation is 1. The maximum absolute atomic E-state index is 13.6. The second-order valence-corrected chi connectivity index (χ2v) is 8.78. The minimum atomic E-state index is -0.759. The molecule has 0 aliphatic carbocycles. The predicted octanol–water partition coefficient (Wildman–Crippen LogP) is 2.72. The summed E-state index contributed by atoms with van der Waals surface area (Å²) in [6.07, 6.45) is 1.01. The van der Waals surface area contributed by atoms with E-state index in [9.17, 15) is 14.4 Å². The molecule has 8 nitrogen and oxygen atoms in total. The molecule has 2 aromatic rings. The van der Waals surface area contributed by atoms with Crippen LogP contribution in [-0.4, -0.2) is 66.5 Å². The molecule has 4 amide bonds. The lowest BCUT2D eigenvalue weighted by atomic mass is 9.85. The van der Waals surface area contributed by atoms with Crippen LogP contribution in [0.1, 0.15) is 24.0 Å². The Bertz CT molecular complexity index is 1050. The number of benzene rings is 2. The monoisotopic (exact) mass is 449 g/mol. The van der Waals surface area contributed by atoms with E-state index in [4.69, 9.17) is 0 Å². The number of para-hydroxylation sites is 1. The highest BCUT2D eigenvalue weighted by atomic mass is 16.2. The van der Waals surface area contributed by atoms with Crippen LogP contribution in [0.5, 0.6) is 0 Å². The van der Waals surface area contributed by atoms with Gasteiger partial charge in [-0.3, -0.25) is 9.59 Å². The third kappa shape index (κ3) is 4.25. The lowest BCUT2D eigenvalue weighted by molar-refractivity contribution is -0.137. The van der Waals surface area contributed by atoms with Crippen molar-refractivity contribution in [3.63, 3.8) is 0 Å². The van der Waals surface area contributed by atoms with E-state index in [1.807, 2.05) is 62.4 Å². The van der Waals surface area contributed by atoms with Crippen LogP contribution in [0.15, 0.2) is 48.5 Å². The lowest BCUT2D eigenvalue weighted by Gasteiger charge is -2.43. The maximum Gasteiger partial charge on any atom is 0.321 e. The fourth-order valence-electron chi connectivity index (χ4n) is 4.74. The molecule has 0 radical (unpaired) electrons. The Kier molecular flexibility index (Phi) is 6.26. The van der Waals surface area contributed by atoms with Crippen LogP contribution in [0, 0.1) is 13.8 Å². The van der Waals surface area contributed by atoms with Crippen LogP contribution in [0.25, 0.3) is 0 Å². The van der Waals surface area contributed by atoms with Crippen molar-refractivity contribution in [2.24, 2.45) is 0 Å². The number of rotatable bonds is 4. The van der Waals surface area contributed by atoms with Crippen LogP contribution in [0.2, 0.25) is 0 Å². The number of nitrogens with one attached hydrogen (secondary N) is 2. The number of nitrogens with zero attached hydrogens (tertiary/aromatic N) is 3. The van der Waals surface area contributed by atoms with Crippen molar-refractivity contribution in [2.45, 2.75) is 32.2 Å². The number of piperidine rings is 1. The first-order valence-electron chi connectivity index (χ1n) is 11.3. The standard InChI is InChI=1S/C25H31N5O3/c1-18-8-7-11-21(19(18)2)27-24(33)28-14-12-25(13-15-28)23(32)29(16-22(31)26-3)17-30(25)20-9-5-4-6-10-20/h4-11H,12-17H2,1-3H3,(H,26,31)(H,27,33). The number of likely N-dealkylation sites (N-methyl/N-ethyl adjacent to an activating group) is 1. The number of anilines is 2. The number of urea groups is 1. The van der Waals surface area contributed by atoms with E-state index in [1.54, 1.807) is 16.8 Å². The zero-order chi connectivity index (χ0) is 23.6. The highest BCUT2D eigenvalue weighted by Crippen LogP contribution is 2.39. The first-order valence-corrected chi connectivity index (χ1v) is 11.3. The Morgan fingerprint density at radius 3 is 2.36 bits per heavy atom. The van der Waals surface area contributed by atoms with Gasteiger partial charge in [0.05, 0.1) is 6.67 Å². The summed E-state index contributed by atoms with van der Waals surface area (Å²) in [5.74, 6) is -0.247. The molecule has 0 unspecified atom stereocenters. The Balaban J connectivity index is 1.52. The van der Waals surface area contributed by atoms with Crippen molar-refractivity contribution in [1.29, 1.82) is 0 Å². The van der Waals surface area contributed by atoms with Gasteiger partial charge < -0.3 is 25.3 Å². The number of carbonyl (C=O) groups excluding carboxylic acids is 3. The number of hydrogen-bond donors (Lipinski definition) is 2. The minimum Gasteiger partial charge on any atom is -0.358 e. The van der Waals surface area contributed by atoms with Gasteiger partial charge in [0.15, 0.2) is 0 Å². The summed E-state index contributed by atoms with van der Waals surface area (Å²) in [4.78, 5) is 44.0. The lowest BCUT2D eigenvalue weighted by Crippen LogP contribution is -2.58. The van der Waals surface area contributed by atoms with Crippen LogP contribution >= 0.6 is 0 Å². The average molecular weight is 450 g/mol. The van der Waals surface area contributed by atoms with Gasteiger partial charge in [-0.15, -0.1) is 0 Å². The molecule has 8 heteroatoms. The molecule has 2 aliphatic rings. The van der Waals surface area contributed by atoms with E-state index in [1.165, 1.54) is 0 Å². The minimum absolute atomic E-state index is 0.0251. The molecule has 0 aromatic heterocycles. The second-order valence-electron chi connectivity index (χ2n) is 8.78. The molecule has 0 atom stereocenters. The highest BCUT2D eigenvalue weighted by Gasteiger charge is 2.54. The molecule has 1 spiro atoms. The Hall–Kier alpha value is -3.55. The summed E-state index contributed by atoms with van der Waals surface area (Å²) in [5, 5.41) is 5.62. The molecule has 2 fully saturated rings. The number of likely N-dealkylation sites (tertiary alicyclic amines) is 1. The summed E-state index contributed by atoms with van der Waals surface area (Å²) >= 11 is 0. The fraction of sp³-hybridized carbons (Fsp3) is 0.400. The van der Waals surface area contributed by atoms with E-state index in [-0.39, 0.29) is 24.4 Å². The summed E-state index contributed by atoms with van der Waals surface area (Å²) in [7, 11) is 1.57. The first kappa shape index (κ1) is 22.6. The third-order valence-electron chi connectivity index (χ3n) is 6.92. The topological polar surface area (TPSA) is 85.0 Å². The molecule has 2 N–H and O–H groups in total. The van der Waals surface area contributed by atoms with Crippen LogP contribution < -0.4 is 15.5 Å². The molecule has 0 saturated carbocycles. The number of amides is 4. The van der Waals surface area contributed by atoms with Crippen LogP contribution in [-0.2, 0) is 9.59 Å². The van der Waals surface area contributed by atoms with Gasteiger partial charge in [-0.05, 0) is 56.0 Å². The van der Waals surface area contributed by atoms with E-state index in [0.717, 1.165) is 22.5 Å². The van der Waals surface area contributed by atoms with Gasteiger partial charge >= 0.3 is 6.03 Å². The molecule has 2 saturated heterocycles. The first-order chi connectivity index (χ1) is 15.9. The van der Waals surface area contributed by atoms with E-state index >= 15 is 0 Å². The van der Waals surface area contributed by atoms with Crippen molar-refractivity contribution in [3.05, 3.63) is 59.7 Å². The van der Waals surface area contributed by atoms with Crippen LogP contribution in [0.3, 0.4) is 0 Å². The molecule has 174 valence electrons. The number of carbonyl (C=O) groups is 3. The molecule has 2 aromatic carbocycles. The zero-order valence-electron chi connectivity index (χ0n) is 19.4. The van der Waals surface area contributed by atoms with E-state index < -0.39 is 5.54 Å². The Morgan fingerprint density at radius 1 is 1.00 bits per heavy atom. The van der Waals surface area contributed by atoms with Gasteiger partial charge in [0, 0.05) is 31.5 Å². The van der Waals surface area contributed by atoms with Crippen molar-refractivity contribution < 1.29 is 14.4 Å². The molecule has 2 aliphatic heterocycles. The quantitative estimate of drug-likeness (QED) is 0.752. The smallest absolute Gasteiger partial charge is 0.321 e. The third-order valence-corrected chi connectivity index (χ3v) is 6.92. The number of hydrogen-bond acceptors (Lipinski definition) is 4. The maximum atomic E-state index is 13.6. The van der Waals surface area contributed by atoms with Gasteiger partial charge in [-0.2, -0.15) is 0 Å². The van der Waals surface area contributed by atoms with Crippen molar-refractivity contribution in [3.8, 4) is 0 Å². The van der Waals surface area contributed by atoms with Gasteiger partial charge in [-0.1, -0.05) is 30.3 Å². The summed E-state index contributed by atoms with van der Waals surface area (Å²) in [5.41, 5.74) is 3.16. The largest absolute Gasteiger partial charge is 0.358 e. The van der Waals surface area contributed by atoms with E-state index in [2.05, 4.69) is 15.5 Å². The summed E-state index contributed by atoms with van der Waals surface area (Å²) in [6, 6.07) is 15.5. The zero-order valence-corrected chi connectivity index (χ0v) is 19.4. The van der Waals surface area contributed by atoms with Crippen LogP contribution in [0.4, 0.5) is 16.2 Å². The fourth-order valence-corrected chi connectivity index (χ4v) is 4.74. The molecule has 0 bridgehead atoms. The highest BCUT2D eigenvalue weighted by molar-refractivity contribution is 5.97. The van der Waals surface area contributed by atoms with Gasteiger partial charge in [-0.25, -0.2) is 4.79 Å². The van der Waals surface area contributed by atoms with Gasteiger partial charge in [0.2, 0.25) is 5.91 Å². The molecule has 4 rings (SSSR count). The average Bonchev–Trinajstić information content (AvgIpc) is 3.09. The predicted molar refractivity (Wildman–Crippen MR) is 128 cm³/mol. The van der Waals surface area contributed by atoms with Gasteiger partial charge in [0.1, 0.15) is 12.1 Å². The van der Waals surface area contributed by atoms with Crippen molar-refractivity contribution in [2.75, 3.05) is 43.6 Å². The SMILES string of the molecule is CNC(=O)CN1CN(c2ccccc2)C2(CCN(C(=O)Nc3cccc(C)c3C)CC2)C1=O. The van der Waals surface area contributed by atoms with Gasteiger partial charge in [0.25, 0.3) is 5.91 Å². The van der Waals surface area contributed by atoms with Crippen molar-refractivity contribution >= 4 is 29.2 Å². The van der Waals surface area contributed by atoms with E-state index in [0.29, 0.717) is 32.6 Å². The molecular weight excluding hydrogens is 418 g/mol. The molecule has 33 heavy (non-hydrogen) atoms. The second kappa shape index (κ2) is 9.13.